The first-order valence-corrected chi connectivity index (χ1v) is 7.78. The number of aromatic nitrogens is 4. The van der Waals surface area contributed by atoms with E-state index in [4.69, 9.17) is 5.73 Å². The largest absolute Gasteiger partial charge is 0.369 e. The molecule has 0 radical (unpaired) electrons. The number of aryl methyl sites for hydroxylation is 2. The van der Waals surface area contributed by atoms with Gasteiger partial charge < -0.3 is 5.73 Å². The summed E-state index contributed by atoms with van der Waals surface area (Å²) in [6.45, 7) is 6.96. The van der Waals surface area contributed by atoms with Crippen LogP contribution in [0.15, 0.2) is 28.7 Å². The number of fused-ring (bicyclic) bond motifs is 1. The number of anilines is 1. The number of rotatable bonds is 3. The van der Waals surface area contributed by atoms with E-state index in [0.29, 0.717) is 5.95 Å². The van der Waals surface area contributed by atoms with Gasteiger partial charge in [0.25, 0.3) is 0 Å². The van der Waals surface area contributed by atoms with Gasteiger partial charge in [0.05, 0.1) is 11.7 Å². The molecule has 5 nitrogen and oxygen atoms in total. The van der Waals surface area contributed by atoms with E-state index in [1.807, 2.05) is 23.7 Å². The molecular weight excluding hydrogens is 330 g/mol. The van der Waals surface area contributed by atoms with Crippen molar-refractivity contribution in [2.24, 2.45) is 0 Å². The van der Waals surface area contributed by atoms with Crippen molar-refractivity contribution >= 4 is 33.0 Å². The molecule has 21 heavy (non-hydrogen) atoms. The lowest BCUT2D eigenvalue weighted by atomic mass is 10.1. The monoisotopic (exact) mass is 347 g/mol. The summed E-state index contributed by atoms with van der Waals surface area (Å²) in [7, 11) is 0. The second-order valence-electron chi connectivity index (χ2n) is 5.14. The highest BCUT2D eigenvalue weighted by molar-refractivity contribution is 9.10. The molecule has 3 rings (SSSR count). The lowest BCUT2D eigenvalue weighted by Crippen LogP contribution is -2.13. The maximum absolute atomic E-state index is 6.17. The van der Waals surface area contributed by atoms with Gasteiger partial charge in [-0.25, -0.2) is 9.67 Å². The van der Waals surface area contributed by atoms with Gasteiger partial charge in [-0.05, 0) is 38.5 Å². The molecule has 2 N–H and O–H groups in total. The van der Waals surface area contributed by atoms with Crippen LogP contribution in [0.3, 0.4) is 0 Å². The van der Waals surface area contributed by atoms with E-state index < -0.39 is 0 Å². The number of imidazole rings is 1. The van der Waals surface area contributed by atoms with Gasteiger partial charge in [-0.3, -0.25) is 4.57 Å². The van der Waals surface area contributed by atoms with Crippen LogP contribution in [-0.2, 0) is 6.54 Å². The van der Waals surface area contributed by atoms with Gasteiger partial charge in [0.1, 0.15) is 5.52 Å². The number of nitrogens with zero attached hydrogens (tertiary/aromatic N) is 4. The first-order valence-electron chi connectivity index (χ1n) is 6.99. The molecular formula is C15H18BrN5. The van der Waals surface area contributed by atoms with E-state index in [-0.39, 0.29) is 6.04 Å². The number of nitrogen functional groups attached to an aromatic ring is 1. The Hall–Kier alpha value is -1.82. The quantitative estimate of drug-likeness (QED) is 0.788. The fourth-order valence-corrected chi connectivity index (χ4v) is 3.14. The minimum atomic E-state index is 0.0916. The molecule has 110 valence electrons. The van der Waals surface area contributed by atoms with Crippen LogP contribution in [0.1, 0.15) is 31.1 Å². The summed E-state index contributed by atoms with van der Waals surface area (Å²) in [6, 6.07) is 8.34. The van der Waals surface area contributed by atoms with Gasteiger partial charge in [-0.1, -0.05) is 28.1 Å². The molecule has 0 aliphatic heterocycles. The molecule has 2 aromatic heterocycles. The van der Waals surface area contributed by atoms with Crippen LogP contribution < -0.4 is 5.73 Å². The van der Waals surface area contributed by atoms with Gasteiger partial charge >= 0.3 is 0 Å². The Morgan fingerprint density at radius 3 is 2.81 bits per heavy atom. The van der Waals surface area contributed by atoms with Crippen molar-refractivity contribution < 1.29 is 0 Å². The zero-order chi connectivity index (χ0) is 15.1. The first-order chi connectivity index (χ1) is 10.0. The number of hydrogen-bond donors (Lipinski definition) is 1. The fraction of sp³-hybridized carbons (Fsp3) is 0.333. The Morgan fingerprint density at radius 1 is 1.38 bits per heavy atom. The van der Waals surface area contributed by atoms with Crippen molar-refractivity contribution in [3.8, 4) is 0 Å². The fourth-order valence-electron chi connectivity index (χ4n) is 2.72. The number of nitrogens with two attached hydrogens (primary N) is 1. The average molecular weight is 348 g/mol. The van der Waals surface area contributed by atoms with Gasteiger partial charge in [0.2, 0.25) is 5.95 Å². The summed E-state index contributed by atoms with van der Waals surface area (Å²) in [5, 5.41) is 4.53. The van der Waals surface area contributed by atoms with Crippen LogP contribution in [0.25, 0.3) is 11.2 Å². The highest BCUT2D eigenvalue weighted by atomic mass is 79.9. The Morgan fingerprint density at radius 2 is 2.14 bits per heavy atom. The molecule has 0 fully saturated rings. The molecule has 0 saturated carbocycles. The van der Waals surface area contributed by atoms with Crippen LogP contribution in [0.4, 0.5) is 5.95 Å². The molecule has 0 spiro atoms. The normalized spacial score (nSPS) is 13.0. The number of hydrogen-bond acceptors (Lipinski definition) is 3. The standard InChI is InChI=1S/C15H18BrN5/c1-4-20-14-13(9(2)19-20)18-15(17)21(14)10(3)11-6-5-7-12(16)8-11/h5-8,10H,4H2,1-3H3,(H2,17,18). The summed E-state index contributed by atoms with van der Waals surface area (Å²) in [5.74, 6) is 0.528. The molecule has 0 amide bonds. The third kappa shape index (κ3) is 2.23. The van der Waals surface area contributed by atoms with Crippen molar-refractivity contribution in [1.29, 1.82) is 0 Å². The lowest BCUT2D eigenvalue weighted by Gasteiger charge is -2.17. The predicted molar refractivity (Wildman–Crippen MR) is 88.3 cm³/mol. The Bertz CT molecular complexity index is 802. The summed E-state index contributed by atoms with van der Waals surface area (Å²) in [5.41, 5.74) is 10.1. The zero-order valence-corrected chi connectivity index (χ0v) is 13.9. The molecule has 6 heteroatoms. The minimum Gasteiger partial charge on any atom is -0.369 e. The van der Waals surface area contributed by atoms with Crippen LogP contribution >= 0.6 is 15.9 Å². The van der Waals surface area contributed by atoms with Crippen LogP contribution in [0, 0.1) is 6.92 Å². The molecule has 0 bridgehead atoms. The Kier molecular flexibility index (Phi) is 3.49. The second kappa shape index (κ2) is 5.18. The Balaban J connectivity index is 2.21. The summed E-state index contributed by atoms with van der Waals surface area (Å²) in [6.07, 6.45) is 0. The Labute approximate surface area is 131 Å². The van der Waals surface area contributed by atoms with Gasteiger partial charge in [0, 0.05) is 11.0 Å². The predicted octanol–water partition coefficient (Wildman–Crippen LogP) is 3.52. The van der Waals surface area contributed by atoms with Crippen LogP contribution in [-0.4, -0.2) is 19.3 Å². The summed E-state index contributed by atoms with van der Waals surface area (Å²) >= 11 is 3.52. The highest BCUT2D eigenvalue weighted by Gasteiger charge is 2.21. The third-order valence-corrected chi connectivity index (χ3v) is 4.28. The van der Waals surface area contributed by atoms with Crippen LogP contribution in [0.5, 0.6) is 0 Å². The van der Waals surface area contributed by atoms with E-state index in [2.05, 4.69) is 56.6 Å². The molecule has 1 atom stereocenters. The molecule has 0 aliphatic carbocycles. The average Bonchev–Trinajstić information content (AvgIpc) is 2.95. The van der Waals surface area contributed by atoms with E-state index in [9.17, 15) is 0 Å². The molecule has 0 saturated heterocycles. The topological polar surface area (TPSA) is 61.7 Å². The molecule has 1 aromatic carbocycles. The molecule has 1 unspecified atom stereocenters. The van der Waals surface area contributed by atoms with Gasteiger partial charge in [0.15, 0.2) is 5.65 Å². The number of benzene rings is 1. The van der Waals surface area contributed by atoms with E-state index in [0.717, 1.165) is 27.9 Å². The maximum atomic E-state index is 6.17. The summed E-state index contributed by atoms with van der Waals surface area (Å²) in [4.78, 5) is 4.50. The van der Waals surface area contributed by atoms with E-state index in [1.165, 1.54) is 5.56 Å². The van der Waals surface area contributed by atoms with Gasteiger partial charge in [-0.2, -0.15) is 5.10 Å². The van der Waals surface area contributed by atoms with Crippen molar-refractivity contribution in [2.45, 2.75) is 33.4 Å². The highest BCUT2D eigenvalue weighted by Crippen LogP contribution is 2.29. The first kappa shape index (κ1) is 14.1. The van der Waals surface area contributed by atoms with Crippen molar-refractivity contribution in [3.63, 3.8) is 0 Å². The van der Waals surface area contributed by atoms with Crippen molar-refractivity contribution in [3.05, 3.63) is 40.0 Å². The number of halogens is 1. The smallest absolute Gasteiger partial charge is 0.203 e. The van der Waals surface area contributed by atoms with Crippen molar-refractivity contribution in [1.82, 2.24) is 19.3 Å². The second-order valence-corrected chi connectivity index (χ2v) is 6.06. The van der Waals surface area contributed by atoms with Crippen molar-refractivity contribution in [2.75, 3.05) is 5.73 Å². The van der Waals surface area contributed by atoms with E-state index in [1.54, 1.807) is 0 Å². The molecule has 2 heterocycles. The molecule has 0 aliphatic rings. The van der Waals surface area contributed by atoms with E-state index >= 15 is 0 Å². The lowest BCUT2D eigenvalue weighted by molar-refractivity contribution is 0.607. The van der Waals surface area contributed by atoms with Gasteiger partial charge in [-0.15, -0.1) is 0 Å². The molecule has 3 aromatic rings. The maximum Gasteiger partial charge on any atom is 0.203 e. The summed E-state index contributed by atoms with van der Waals surface area (Å²) < 4.78 is 5.07. The SMILES string of the molecule is CCn1nc(C)c2nc(N)n(C(C)c3cccc(Br)c3)c21. The van der Waals surface area contributed by atoms with Crippen LogP contribution in [0.2, 0.25) is 0 Å². The minimum absolute atomic E-state index is 0.0916. The third-order valence-electron chi connectivity index (χ3n) is 3.79. The zero-order valence-electron chi connectivity index (χ0n) is 12.3.